The first-order chi connectivity index (χ1) is 11.4. The molecule has 1 aliphatic heterocycles. The number of benzene rings is 2. The van der Waals surface area contributed by atoms with Crippen LogP contribution in [0.3, 0.4) is 0 Å². The number of hydrogen-bond acceptors (Lipinski definition) is 5. The molecule has 7 heteroatoms. The molecule has 0 atom stereocenters. The molecule has 130 valence electrons. The number of rotatable bonds is 4. The Kier molecular flexibility index (Phi) is 6.19. The van der Waals surface area contributed by atoms with Crippen molar-refractivity contribution in [1.82, 2.24) is 5.32 Å². The fraction of sp³-hybridized carbons (Fsp3) is 0.294. The Morgan fingerprint density at radius 1 is 1.12 bits per heavy atom. The van der Waals surface area contributed by atoms with Crippen molar-refractivity contribution in [3.8, 4) is 11.5 Å². The van der Waals surface area contributed by atoms with Crippen molar-refractivity contribution in [3.05, 3.63) is 53.6 Å². The summed E-state index contributed by atoms with van der Waals surface area (Å²) in [5, 5.41) is 3.11. The highest BCUT2D eigenvalue weighted by Crippen LogP contribution is 2.32. The van der Waals surface area contributed by atoms with E-state index in [1.165, 1.54) is 11.6 Å². The Balaban J connectivity index is 0.000000177. The van der Waals surface area contributed by atoms with Gasteiger partial charge in [-0.25, -0.2) is 0 Å². The van der Waals surface area contributed by atoms with Crippen molar-refractivity contribution in [3.63, 3.8) is 0 Å². The van der Waals surface area contributed by atoms with E-state index < -0.39 is 10.1 Å². The maximum absolute atomic E-state index is 10.6. The summed E-state index contributed by atoms with van der Waals surface area (Å²) < 4.78 is 40.4. The lowest BCUT2D eigenvalue weighted by Gasteiger charge is -2.01. The second kappa shape index (κ2) is 8.14. The monoisotopic (exact) mass is 351 g/mol. The number of hydrogen-bond donors (Lipinski definition) is 2. The molecule has 0 amide bonds. The third-order valence-corrected chi connectivity index (χ3v) is 4.49. The van der Waals surface area contributed by atoms with E-state index in [4.69, 9.17) is 14.0 Å². The fourth-order valence-electron chi connectivity index (χ4n) is 2.21. The molecule has 0 saturated heterocycles. The van der Waals surface area contributed by atoms with Crippen LogP contribution in [0.15, 0.2) is 47.4 Å². The van der Waals surface area contributed by atoms with Crippen molar-refractivity contribution >= 4 is 10.1 Å². The Hall–Kier alpha value is -2.09. The molecule has 6 nitrogen and oxygen atoms in total. The first-order valence-corrected chi connectivity index (χ1v) is 8.92. The van der Waals surface area contributed by atoms with Crippen molar-refractivity contribution in [2.24, 2.45) is 0 Å². The zero-order valence-electron chi connectivity index (χ0n) is 13.7. The van der Waals surface area contributed by atoms with Crippen molar-refractivity contribution in [1.29, 1.82) is 0 Å². The van der Waals surface area contributed by atoms with E-state index in [0.29, 0.717) is 12.4 Å². The summed E-state index contributed by atoms with van der Waals surface area (Å²) in [6.07, 6.45) is 1.02. The van der Waals surface area contributed by atoms with E-state index in [9.17, 15) is 8.42 Å². The third-order valence-electron chi connectivity index (χ3n) is 3.47. The normalized spacial score (nSPS) is 12.5. The van der Waals surface area contributed by atoms with Crippen LogP contribution in [0.4, 0.5) is 0 Å². The lowest BCUT2D eigenvalue weighted by molar-refractivity contribution is 0.174. The Morgan fingerprint density at radius 3 is 2.46 bits per heavy atom. The highest BCUT2D eigenvalue weighted by atomic mass is 32.2. The van der Waals surface area contributed by atoms with Gasteiger partial charge in [0.15, 0.2) is 11.5 Å². The molecule has 2 aromatic carbocycles. The van der Waals surface area contributed by atoms with E-state index in [0.717, 1.165) is 24.5 Å². The molecule has 0 fully saturated rings. The molecule has 24 heavy (non-hydrogen) atoms. The Morgan fingerprint density at radius 2 is 1.83 bits per heavy atom. The first kappa shape index (κ1) is 18.3. The van der Waals surface area contributed by atoms with Crippen LogP contribution in [0.2, 0.25) is 0 Å². The minimum Gasteiger partial charge on any atom is -0.454 e. The maximum Gasteiger partial charge on any atom is 0.294 e. The molecule has 2 aromatic rings. The zero-order chi connectivity index (χ0) is 17.6. The summed E-state index contributed by atoms with van der Waals surface area (Å²) >= 11 is 0. The molecule has 0 spiro atoms. The minimum atomic E-state index is -4.03. The first-order valence-electron chi connectivity index (χ1n) is 7.48. The van der Waals surface area contributed by atoms with Gasteiger partial charge in [0.25, 0.3) is 10.1 Å². The smallest absolute Gasteiger partial charge is 0.294 e. The van der Waals surface area contributed by atoms with Gasteiger partial charge in [0.1, 0.15) is 0 Å². The maximum atomic E-state index is 10.6. The van der Waals surface area contributed by atoms with Gasteiger partial charge in [-0.15, -0.1) is 0 Å². The standard InChI is InChI=1S/C10H13NO2.C7H8O3S/c1-11-5-4-8-2-3-9-10(6-8)13-7-12-9;1-6-4-2-3-5-7(6)11(8,9)10/h2-3,6,11H,4-5,7H2,1H3;2-5H,1H3,(H,8,9,10). The minimum absolute atomic E-state index is 0.0278. The van der Waals surface area contributed by atoms with Crippen LogP contribution in [-0.4, -0.2) is 33.4 Å². The fourth-order valence-corrected chi connectivity index (χ4v) is 2.94. The van der Waals surface area contributed by atoms with Crippen LogP contribution in [-0.2, 0) is 16.5 Å². The quantitative estimate of drug-likeness (QED) is 0.823. The summed E-state index contributed by atoms with van der Waals surface area (Å²) in [4.78, 5) is -0.0278. The SMILES string of the molecule is CNCCc1ccc2c(c1)OCO2.Cc1ccccc1S(=O)(=O)O. The lowest BCUT2D eigenvalue weighted by atomic mass is 10.1. The van der Waals surface area contributed by atoms with Gasteiger partial charge in [-0.1, -0.05) is 24.3 Å². The molecule has 1 aliphatic rings. The van der Waals surface area contributed by atoms with Crippen molar-refractivity contribution in [2.75, 3.05) is 20.4 Å². The Labute approximate surface area is 142 Å². The number of fused-ring (bicyclic) bond motifs is 1. The van der Waals surface area contributed by atoms with Crippen LogP contribution < -0.4 is 14.8 Å². The van der Waals surface area contributed by atoms with Crippen molar-refractivity contribution < 1.29 is 22.4 Å². The van der Waals surface area contributed by atoms with Gasteiger partial charge in [0.05, 0.1) is 4.90 Å². The lowest BCUT2D eigenvalue weighted by Crippen LogP contribution is -2.10. The molecule has 0 aliphatic carbocycles. The topological polar surface area (TPSA) is 84.9 Å². The Bertz CT molecular complexity index is 789. The predicted octanol–water partition coefficient (Wildman–Crippen LogP) is 2.42. The molecule has 2 N–H and O–H groups in total. The van der Waals surface area contributed by atoms with Crippen LogP contribution in [0.1, 0.15) is 11.1 Å². The number of likely N-dealkylation sites (N-methyl/N-ethyl adjacent to an activating group) is 1. The summed E-state index contributed by atoms with van der Waals surface area (Å²) in [5.74, 6) is 1.72. The average Bonchev–Trinajstić information content (AvgIpc) is 3.00. The predicted molar refractivity (Wildman–Crippen MR) is 91.2 cm³/mol. The molecule has 0 saturated carbocycles. The van der Waals surface area contributed by atoms with Gasteiger partial charge in [-0.3, -0.25) is 4.55 Å². The van der Waals surface area contributed by atoms with Gasteiger partial charge in [-0.2, -0.15) is 8.42 Å². The van der Waals surface area contributed by atoms with E-state index in [1.807, 2.05) is 19.2 Å². The van der Waals surface area contributed by atoms with Gasteiger partial charge in [-0.05, 0) is 56.3 Å². The van der Waals surface area contributed by atoms with E-state index in [-0.39, 0.29) is 4.90 Å². The number of nitrogens with one attached hydrogen (secondary N) is 1. The van der Waals surface area contributed by atoms with E-state index >= 15 is 0 Å². The third kappa shape index (κ3) is 4.95. The summed E-state index contributed by atoms with van der Waals surface area (Å²) in [6.45, 7) is 2.97. The largest absolute Gasteiger partial charge is 0.454 e. The second-order valence-electron chi connectivity index (χ2n) is 5.28. The van der Waals surface area contributed by atoms with Crippen LogP contribution in [0, 0.1) is 6.92 Å². The molecule has 0 bridgehead atoms. The summed E-state index contributed by atoms with van der Waals surface area (Å²) in [7, 11) is -2.08. The number of aryl methyl sites for hydroxylation is 1. The highest BCUT2D eigenvalue weighted by molar-refractivity contribution is 7.85. The van der Waals surface area contributed by atoms with Gasteiger partial charge in [0, 0.05) is 0 Å². The van der Waals surface area contributed by atoms with Crippen LogP contribution >= 0.6 is 0 Å². The molecular weight excluding hydrogens is 330 g/mol. The second-order valence-corrected chi connectivity index (χ2v) is 6.67. The summed E-state index contributed by atoms with van der Waals surface area (Å²) in [6, 6.07) is 12.4. The highest BCUT2D eigenvalue weighted by Gasteiger charge is 2.12. The molecular formula is C17H21NO5S. The molecule has 3 rings (SSSR count). The van der Waals surface area contributed by atoms with Crippen LogP contribution in [0.25, 0.3) is 0 Å². The molecule has 1 heterocycles. The molecule has 0 aromatic heterocycles. The van der Waals surface area contributed by atoms with E-state index in [2.05, 4.69) is 11.4 Å². The average molecular weight is 351 g/mol. The zero-order valence-corrected chi connectivity index (χ0v) is 14.5. The van der Waals surface area contributed by atoms with Gasteiger partial charge in [0.2, 0.25) is 6.79 Å². The van der Waals surface area contributed by atoms with Crippen LogP contribution in [0.5, 0.6) is 11.5 Å². The molecule has 0 unspecified atom stereocenters. The number of ether oxygens (including phenoxy) is 2. The molecule has 0 radical (unpaired) electrons. The summed E-state index contributed by atoms with van der Waals surface area (Å²) in [5.41, 5.74) is 1.83. The van der Waals surface area contributed by atoms with Crippen molar-refractivity contribution in [2.45, 2.75) is 18.2 Å². The van der Waals surface area contributed by atoms with E-state index in [1.54, 1.807) is 25.1 Å². The van der Waals surface area contributed by atoms with Gasteiger partial charge < -0.3 is 14.8 Å². The van der Waals surface area contributed by atoms with Gasteiger partial charge >= 0.3 is 0 Å².